The van der Waals surface area contributed by atoms with Crippen molar-refractivity contribution in [1.29, 1.82) is 0 Å². The van der Waals surface area contributed by atoms with Gasteiger partial charge in [0.1, 0.15) is 5.76 Å². The summed E-state index contributed by atoms with van der Waals surface area (Å²) in [4.78, 5) is 23.2. The summed E-state index contributed by atoms with van der Waals surface area (Å²) in [7, 11) is -1.27. The van der Waals surface area contributed by atoms with Crippen LogP contribution in [0.5, 0.6) is 0 Å². The Hall–Kier alpha value is -1.75. The largest absolute Gasteiger partial charge is 0.419 e. The topological polar surface area (TPSA) is 60.4 Å². The molecule has 80 valence electrons. The van der Waals surface area contributed by atoms with Gasteiger partial charge >= 0.3 is 5.97 Å². The first-order chi connectivity index (χ1) is 7.68. The van der Waals surface area contributed by atoms with Crippen LogP contribution in [0, 0.1) is 0 Å². The third-order valence-corrected chi connectivity index (χ3v) is 3.98. The summed E-state index contributed by atoms with van der Waals surface area (Å²) in [6.07, 6.45) is 0. The minimum atomic E-state index is -1.27. The first-order valence-electron chi connectivity index (χ1n) is 4.66. The fourth-order valence-electron chi connectivity index (χ4n) is 1.84. The molecule has 0 saturated heterocycles. The van der Waals surface area contributed by atoms with E-state index in [0.29, 0.717) is 10.5 Å². The Kier molecular flexibility index (Phi) is 1.85. The third kappa shape index (κ3) is 1.12. The molecule has 1 aromatic carbocycles. The van der Waals surface area contributed by atoms with E-state index in [2.05, 4.69) is 0 Å². The van der Waals surface area contributed by atoms with Gasteiger partial charge in [0, 0.05) is 5.56 Å². The summed E-state index contributed by atoms with van der Waals surface area (Å²) in [5, 5.41) is 0. The van der Waals surface area contributed by atoms with Gasteiger partial charge in [0.25, 0.3) is 5.78 Å². The van der Waals surface area contributed by atoms with Gasteiger partial charge in [-0.2, -0.15) is 0 Å². The van der Waals surface area contributed by atoms with Crippen LogP contribution in [0.2, 0.25) is 0 Å². The zero-order valence-electron chi connectivity index (χ0n) is 8.06. The van der Waals surface area contributed by atoms with Crippen LogP contribution in [-0.2, 0) is 25.1 Å². The van der Waals surface area contributed by atoms with Crippen LogP contribution >= 0.6 is 0 Å². The fraction of sp³-hybridized carbons (Fsp3) is 0.0909. The van der Waals surface area contributed by atoms with Crippen molar-refractivity contribution < 1.29 is 18.5 Å². The van der Waals surface area contributed by atoms with Gasteiger partial charge < -0.3 is 4.74 Å². The van der Waals surface area contributed by atoms with Crippen LogP contribution < -0.4 is 0 Å². The molecule has 1 unspecified atom stereocenters. The molecule has 2 heterocycles. The van der Waals surface area contributed by atoms with E-state index in [4.69, 9.17) is 4.74 Å². The number of carbonyl (C=O) groups is 2. The summed E-state index contributed by atoms with van der Waals surface area (Å²) < 4.78 is 16.7. The number of ketones is 1. The van der Waals surface area contributed by atoms with E-state index in [1.807, 2.05) is 0 Å². The second-order valence-electron chi connectivity index (χ2n) is 3.51. The van der Waals surface area contributed by atoms with Crippen molar-refractivity contribution in [3.63, 3.8) is 0 Å². The Labute approximate surface area is 93.4 Å². The minimum Gasteiger partial charge on any atom is -0.419 e. The molecule has 1 aromatic rings. The van der Waals surface area contributed by atoms with E-state index >= 15 is 0 Å². The standard InChI is InChI=1S/C11H6O4S/c12-9-7-5-16(14)8-4-2-1-3-6(8)10(7)15-11(9)13/h1-4H,5H2. The van der Waals surface area contributed by atoms with Crippen LogP contribution in [0.3, 0.4) is 0 Å². The molecule has 16 heavy (non-hydrogen) atoms. The number of esters is 1. The first kappa shape index (κ1) is 9.47. The molecule has 1 atom stereocenters. The Balaban J connectivity index is 2.27. The van der Waals surface area contributed by atoms with E-state index in [9.17, 15) is 13.8 Å². The molecule has 0 radical (unpaired) electrons. The van der Waals surface area contributed by atoms with Crippen LogP contribution in [0.4, 0.5) is 0 Å². The number of ether oxygens (including phenoxy) is 1. The van der Waals surface area contributed by atoms with Gasteiger partial charge in [0.15, 0.2) is 0 Å². The van der Waals surface area contributed by atoms with Gasteiger partial charge in [-0.25, -0.2) is 4.79 Å². The van der Waals surface area contributed by atoms with Gasteiger partial charge in [0.2, 0.25) is 0 Å². The zero-order chi connectivity index (χ0) is 11.3. The molecule has 0 saturated carbocycles. The molecule has 3 rings (SSSR count). The lowest BCUT2D eigenvalue weighted by Crippen LogP contribution is -2.16. The van der Waals surface area contributed by atoms with Crippen molar-refractivity contribution in [2.24, 2.45) is 0 Å². The number of hydrogen-bond acceptors (Lipinski definition) is 4. The highest BCUT2D eigenvalue weighted by Gasteiger charge is 2.39. The molecule has 0 amide bonds. The van der Waals surface area contributed by atoms with Gasteiger partial charge in [0.05, 0.1) is 27.0 Å². The van der Waals surface area contributed by atoms with Crippen molar-refractivity contribution in [3.8, 4) is 0 Å². The van der Waals surface area contributed by atoms with Crippen molar-refractivity contribution in [1.82, 2.24) is 0 Å². The highest BCUT2D eigenvalue weighted by atomic mass is 32.2. The molecule has 4 nitrogen and oxygen atoms in total. The maximum Gasteiger partial charge on any atom is 0.384 e. The Bertz CT molecular complexity index is 585. The number of hydrogen-bond donors (Lipinski definition) is 0. The molecule has 2 aliphatic heterocycles. The summed E-state index contributed by atoms with van der Waals surface area (Å²) in [6, 6.07) is 6.93. The maximum atomic E-state index is 11.8. The van der Waals surface area contributed by atoms with Crippen LogP contribution in [0.1, 0.15) is 5.56 Å². The SMILES string of the molecule is O=C1OC2=C(CS(=O)c3ccccc32)C1=O. The zero-order valence-corrected chi connectivity index (χ0v) is 8.87. The summed E-state index contributed by atoms with van der Waals surface area (Å²) in [5.41, 5.74) is 0.823. The van der Waals surface area contributed by atoms with Crippen LogP contribution in [0.25, 0.3) is 5.76 Å². The summed E-state index contributed by atoms with van der Waals surface area (Å²) >= 11 is 0. The molecule has 0 aliphatic carbocycles. The third-order valence-electron chi connectivity index (χ3n) is 2.58. The van der Waals surface area contributed by atoms with Gasteiger partial charge in [-0.05, 0) is 12.1 Å². The van der Waals surface area contributed by atoms with Crippen molar-refractivity contribution in [2.45, 2.75) is 4.90 Å². The molecule has 2 aliphatic rings. The molecule has 0 spiro atoms. The molecular weight excluding hydrogens is 228 g/mol. The number of rotatable bonds is 0. The lowest BCUT2D eigenvalue weighted by atomic mass is 10.1. The molecule has 0 fully saturated rings. The molecule has 0 N–H and O–H groups in total. The number of carbonyl (C=O) groups excluding carboxylic acids is 2. The average Bonchev–Trinajstić information content (AvgIpc) is 2.57. The second kappa shape index (κ2) is 3.12. The van der Waals surface area contributed by atoms with Crippen LogP contribution in [-0.4, -0.2) is 21.7 Å². The highest BCUT2D eigenvalue weighted by molar-refractivity contribution is 7.85. The average molecular weight is 234 g/mol. The van der Waals surface area contributed by atoms with E-state index in [1.54, 1.807) is 24.3 Å². The van der Waals surface area contributed by atoms with Gasteiger partial charge in [-0.1, -0.05) is 12.1 Å². The smallest absolute Gasteiger partial charge is 0.384 e. The highest BCUT2D eigenvalue weighted by Crippen LogP contribution is 2.35. The summed E-state index contributed by atoms with van der Waals surface area (Å²) in [6.45, 7) is 0. The lowest BCUT2D eigenvalue weighted by Gasteiger charge is -2.14. The second-order valence-corrected chi connectivity index (χ2v) is 4.93. The summed E-state index contributed by atoms with van der Waals surface area (Å²) in [5.74, 6) is -1.20. The van der Waals surface area contributed by atoms with E-state index < -0.39 is 22.6 Å². The van der Waals surface area contributed by atoms with E-state index in [-0.39, 0.29) is 17.1 Å². The Morgan fingerprint density at radius 2 is 1.94 bits per heavy atom. The van der Waals surface area contributed by atoms with E-state index in [1.165, 1.54) is 0 Å². The Morgan fingerprint density at radius 1 is 1.19 bits per heavy atom. The monoisotopic (exact) mass is 234 g/mol. The fourth-order valence-corrected chi connectivity index (χ4v) is 3.15. The molecule has 5 heteroatoms. The van der Waals surface area contributed by atoms with Crippen molar-refractivity contribution in [2.75, 3.05) is 5.75 Å². The molecule has 0 aromatic heterocycles. The number of benzene rings is 1. The van der Waals surface area contributed by atoms with E-state index in [0.717, 1.165) is 0 Å². The molecular formula is C11H6O4S. The van der Waals surface area contributed by atoms with Gasteiger partial charge in [-0.15, -0.1) is 0 Å². The predicted octanol–water partition coefficient (Wildman–Crippen LogP) is 0.645. The maximum absolute atomic E-state index is 11.8. The predicted molar refractivity (Wildman–Crippen MR) is 55.7 cm³/mol. The lowest BCUT2D eigenvalue weighted by molar-refractivity contribution is -0.144. The minimum absolute atomic E-state index is 0.0664. The van der Waals surface area contributed by atoms with Crippen LogP contribution in [0.15, 0.2) is 34.7 Å². The number of fused-ring (bicyclic) bond motifs is 2. The quantitative estimate of drug-likeness (QED) is 0.488. The van der Waals surface area contributed by atoms with Crippen molar-refractivity contribution in [3.05, 3.63) is 35.4 Å². The Morgan fingerprint density at radius 3 is 2.75 bits per heavy atom. The first-order valence-corrected chi connectivity index (χ1v) is 5.98. The van der Waals surface area contributed by atoms with Gasteiger partial charge in [-0.3, -0.25) is 9.00 Å². The normalized spacial score (nSPS) is 22.9. The number of Topliss-reactive ketones (excluding diaryl/α,β-unsaturated/α-hetero) is 1. The van der Waals surface area contributed by atoms with Crippen molar-refractivity contribution >= 4 is 28.3 Å². The molecule has 0 bridgehead atoms.